The second-order valence-electron chi connectivity index (χ2n) is 5.38. The molecule has 2 heterocycles. The van der Waals surface area contributed by atoms with Crippen molar-refractivity contribution in [1.82, 2.24) is 0 Å². The van der Waals surface area contributed by atoms with E-state index in [-0.39, 0.29) is 12.6 Å². The Hall–Kier alpha value is -2.14. The maximum atomic E-state index is 11.9. The third kappa shape index (κ3) is 3.04. The first-order valence-electron chi connectivity index (χ1n) is 7.51. The second kappa shape index (κ2) is 6.32. The van der Waals surface area contributed by atoms with Crippen molar-refractivity contribution >= 4 is 16.9 Å². The van der Waals surface area contributed by atoms with Crippen molar-refractivity contribution in [2.75, 3.05) is 6.61 Å². The predicted octanol–water partition coefficient (Wildman–Crippen LogP) is 2.58. The van der Waals surface area contributed by atoms with Crippen molar-refractivity contribution in [3.05, 3.63) is 45.8 Å². The largest absolute Gasteiger partial charge is 0.459 e. The van der Waals surface area contributed by atoms with E-state index in [2.05, 4.69) is 0 Å². The molecule has 1 saturated heterocycles. The van der Waals surface area contributed by atoms with Gasteiger partial charge in [-0.3, -0.25) is 0 Å². The molecule has 116 valence electrons. The molecular formula is C17H18O5. The second-order valence-corrected chi connectivity index (χ2v) is 5.38. The molecule has 0 unspecified atom stereocenters. The molecule has 0 saturated carbocycles. The maximum Gasteiger partial charge on any atom is 0.336 e. The van der Waals surface area contributed by atoms with E-state index in [0.717, 1.165) is 23.8 Å². The van der Waals surface area contributed by atoms with E-state index in [4.69, 9.17) is 13.9 Å². The predicted molar refractivity (Wildman–Crippen MR) is 80.6 cm³/mol. The summed E-state index contributed by atoms with van der Waals surface area (Å²) in [5.74, 6) is -0.371. The highest BCUT2D eigenvalue weighted by Gasteiger charge is 2.25. The van der Waals surface area contributed by atoms with Gasteiger partial charge in [0, 0.05) is 23.6 Å². The molecule has 2 aromatic rings. The van der Waals surface area contributed by atoms with Crippen LogP contribution in [0.5, 0.6) is 0 Å². The maximum absolute atomic E-state index is 11.9. The topological polar surface area (TPSA) is 65.7 Å². The van der Waals surface area contributed by atoms with E-state index in [0.29, 0.717) is 24.2 Å². The molecule has 1 aromatic heterocycles. The number of carbonyl (C=O) groups is 1. The van der Waals surface area contributed by atoms with Crippen LogP contribution in [0.2, 0.25) is 0 Å². The van der Waals surface area contributed by atoms with Crippen molar-refractivity contribution in [2.45, 2.75) is 38.9 Å². The Morgan fingerprint density at radius 3 is 2.95 bits per heavy atom. The molecule has 1 aromatic carbocycles. The van der Waals surface area contributed by atoms with Gasteiger partial charge in [-0.25, -0.2) is 9.59 Å². The summed E-state index contributed by atoms with van der Waals surface area (Å²) < 4.78 is 15.8. The lowest BCUT2D eigenvalue weighted by Gasteiger charge is -2.11. The van der Waals surface area contributed by atoms with Crippen molar-refractivity contribution in [1.29, 1.82) is 0 Å². The number of rotatable bonds is 4. The summed E-state index contributed by atoms with van der Waals surface area (Å²) in [6, 6.07) is 7.10. The Morgan fingerprint density at radius 2 is 2.23 bits per heavy atom. The van der Waals surface area contributed by atoms with E-state index in [1.54, 1.807) is 0 Å². The zero-order valence-corrected chi connectivity index (χ0v) is 12.5. The quantitative estimate of drug-likeness (QED) is 0.641. The molecule has 0 amide bonds. The van der Waals surface area contributed by atoms with Crippen LogP contribution in [-0.2, 0) is 27.3 Å². The molecule has 22 heavy (non-hydrogen) atoms. The molecule has 5 nitrogen and oxygen atoms in total. The Bertz CT molecular complexity index is 740. The molecule has 5 heteroatoms. The van der Waals surface area contributed by atoms with Gasteiger partial charge in [0.1, 0.15) is 12.2 Å². The van der Waals surface area contributed by atoms with E-state index < -0.39 is 11.7 Å². The molecular weight excluding hydrogens is 284 g/mol. The number of hydrogen-bond acceptors (Lipinski definition) is 5. The van der Waals surface area contributed by atoms with Crippen molar-refractivity contribution in [3.63, 3.8) is 0 Å². The SMILES string of the molecule is CCc1ccc2c(COC(=O)[C@@H]3CCCO3)cc(=O)oc2c1. The van der Waals surface area contributed by atoms with E-state index in [1.165, 1.54) is 6.07 Å². The van der Waals surface area contributed by atoms with Gasteiger partial charge in [0.15, 0.2) is 6.10 Å². The molecule has 0 bridgehead atoms. The lowest BCUT2D eigenvalue weighted by atomic mass is 10.1. The van der Waals surface area contributed by atoms with Gasteiger partial charge in [0.2, 0.25) is 0 Å². The minimum absolute atomic E-state index is 0.0479. The zero-order chi connectivity index (χ0) is 15.5. The fourth-order valence-corrected chi connectivity index (χ4v) is 2.62. The summed E-state index contributed by atoms with van der Waals surface area (Å²) in [6.07, 6.45) is 1.95. The number of fused-ring (bicyclic) bond motifs is 1. The number of aryl methyl sites for hydroxylation is 1. The number of esters is 1. The van der Waals surface area contributed by atoms with E-state index in [1.807, 2.05) is 25.1 Å². The smallest absolute Gasteiger partial charge is 0.336 e. The van der Waals surface area contributed by atoms with Gasteiger partial charge < -0.3 is 13.9 Å². The first-order valence-corrected chi connectivity index (χ1v) is 7.51. The summed E-state index contributed by atoms with van der Waals surface area (Å²) in [5, 5.41) is 0.789. The lowest BCUT2D eigenvalue weighted by molar-refractivity contribution is -0.155. The summed E-state index contributed by atoms with van der Waals surface area (Å²) in [5.41, 5.74) is 1.82. The number of ether oxygens (including phenoxy) is 2. The van der Waals surface area contributed by atoms with Gasteiger partial charge in [-0.15, -0.1) is 0 Å². The van der Waals surface area contributed by atoms with Crippen LogP contribution in [0.25, 0.3) is 11.0 Å². The van der Waals surface area contributed by atoms with Crippen LogP contribution < -0.4 is 5.63 Å². The van der Waals surface area contributed by atoms with Crippen LogP contribution >= 0.6 is 0 Å². The number of carbonyl (C=O) groups excluding carboxylic acids is 1. The van der Waals surface area contributed by atoms with Crippen LogP contribution in [0.3, 0.4) is 0 Å². The molecule has 0 spiro atoms. The van der Waals surface area contributed by atoms with Gasteiger partial charge in [-0.2, -0.15) is 0 Å². The molecule has 3 rings (SSSR count). The average Bonchev–Trinajstić information content (AvgIpc) is 3.05. The third-order valence-corrected chi connectivity index (χ3v) is 3.87. The van der Waals surface area contributed by atoms with Gasteiger partial charge in [0.05, 0.1) is 0 Å². The van der Waals surface area contributed by atoms with Crippen molar-refractivity contribution in [3.8, 4) is 0 Å². The first-order chi connectivity index (χ1) is 10.7. The summed E-state index contributed by atoms with van der Waals surface area (Å²) in [4.78, 5) is 23.6. The first kappa shape index (κ1) is 14.8. The fourth-order valence-electron chi connectivity index (χ4n) is 2.62. The molecule has 0 aliphatic carbocycles. The Morgan fingerprint density at radius 1 is 1.36 bits per heavy atom. The average molecular weight is 302 g/mol. The molecule has 0 radical (unpaired) electrons. The Kier molecular flexibility index (Phi) is 4.24. The Balaban J connectivity index is 1.83. The van der Waals surface area contributed by atoms with Crippen molar-refractivity contribution < 1.29 is 18.7 Å². The molecule has 1 fully saturated rings. The fraction of sp³-hybridized carbons (Fsp3) is 0.412. The van der Waals surface area contributed by atoms with Crippen LogP contribution in [0.1, 0.15) is 30.9 Å². The van der Waals surface area contributed by atoms with Gasteiger partial charge in [-0.05, 0) is 30.9 Å². The van der Waals surface area contributed by atoms with Gasteiger partial charge in [-0.1, -0.05) is 19.1 Å². The van der Waals surface area contributed by atoms with Crippen LogP contribution in [0.15, 0.2) is 33.5 Å². The normalized spacial score (nSPS) is 17.8. The van der Waals surface area contributed by atoms with Crippen molar-refractivity contribution in [2.24, 2.45) is 0 Å². The summed E-state index contributed by atoms with van der Waals surface area (Å²) in [7, 11) is 0. The molecule has 1 aliphatic rings. The highest BCUT2D eigenvalue weighted by molar-refractivity contribution is 5.81. The third-order valence-electron chi connectivity index (χ3n) is 3.87. The standard InChI is InChI=1S/C17H18O5/c1-2-11-5-6-13-12(9-16(18)22-15(13)8-11)10-21-17(19)14-4-3-7-20-14/h5-6,8-9,14H,2-4,7,10H2,1H3/t14-/m0/s1. The van der Waals surface area contributed by atoms with Gasteiger partial charge in [0.25, 0.3) is 0 Å². The highest BCUT2D eigenvalue weighted by atomic mass is 16.6. The van der Waals surface area contributed by atoms with Crippen LogP contribution in [0.4, 0.5) is 0 Å². The molecule has 0 N–H and O–H groups in total. The zero-order valence-electron chi connectivity index (χ0n) is 12.5. The van der Waals surface area contributed by atoms with E-state index in [9.17, 15) is 9.59 Å². The monoisotopic (exact) mass is 302 g/mol. The Labute approximate surface area is 127 Å². The van der Waals surface area contributed by atoms with Gasteiger partial charge >= 0.3 is 11.6 Å². The highest BCUT2D eigenvalue weighted by Crippen LogP contribution is 2.21. The summed E-state index contributed by atoms with van der Waals surface area (Å²) >= 11 is 0. The number of hydrogen-bond donors (Lipinski definition) is 0. The van der Waals surface area contributed by atoms with Crippen LogP contribution in [-0.4, -0.2) is 18.7 Å². The molecule has 1 aliphatic heterocycles. The minimum Gasteiger partial charge on any atom is -0.459 e. The molecule has 1 atom stereocenters. The summed E-state index contributed by atoms with van der Waals surface area (Å²) in [6.45, 7) is 2.68. The lowest BCUT2D eigenvalue weighted by Crippen LogP contribution is -2.22. The van der Waals surface area contributed by atoms with Crippen LogP contribution in [0, 0.1) is 0 Å². The number of benzene rings is 1. The van der Waals surface area contributed by atoms with E-state index >= 15 is 0 Å². The minimum atomic E-state index is -0.474.